The molecule has 0 aliphatic carbocycles. The summed E-state index contributed by atoms with van der Waals surface area (Å²) in [5.74, 6) is 1.26. The van der Waals surface area contributed by atoms with Crippen LogP contribution in [0.4, 0.5) is 0 Å². The minimum Gasteiger partial charge on any atom is -0.339 e. The molecule has 0 aromatic rings. The maximum Gasteiger partial charge on any atom is 0.223 e. The molecule has 1 aliphatic heterocycles. The number of rotatable bonds is 5. The number of nitrogens with zero attached hydrogens (tertiary/aromatic N) is 1. The van der Waals surface area contributed by atoms with E-state index in [0.29, 0.717) is 18.4 Å². The van der Waals surface area contributed by atoms with Crippen LogP contribution in [0.1, 0.15) is 19.8 Å². The largest absolute Gasteiger partial charge is 0.339 e. The first kappa shape index (κ1) is 11.9. The summed E-state index contributed by atoms with van der Waals surface area (Å²) in [6, 6.07) is 0.439. The Morgan fingerprint density at radius 2 is 2.43 bits per heavy atom. The van der Waals surface area contributed by atoms with E-state index < -0.39 is 0 Å². The van der Waals surface area contributed by atoms with Crippen molar-refractivity contribution in [3.63, 3.8) is 0 Å². The molecule has 3 nitrogen and oxygen atoms in total. The van der Waals surface area contributed by atoms with Crippen LogP contribution in [-0.4, -0.2) is 48.5 Å². The zero-order valence-corrected chi connectivity index (χ0v) is 9.90. The van der Waals surface area contributed by atoms with Crippen LogP contribution in [0.25, 0.3) is 0 Å². The number of carbonyl (C=O) groups is 1. The predicted molar refractivity (Wildman–Crippen MR) is 61.7 cm³/mol. The number of hydrogen-bond acceptors (Lipinski definition) is 3. The lowest BCUT2D eigenvalue weighted by Crippen LogP contribution is -2.41. The zero-order chi connectivity index (χ0) is 10.4. The molecule has 1 atom stereocenters. The van der Waals surface area contributed by atoms with Gasteiger partial charge in [-0.05, 0) is 26.1 Å². The fraction of sp³-hybridized carbons (Fsp3) is 0.900. The van der Waals surface area contributed by atoms with E-state index in [9.17, 15) is 4.79 Å². The fourth-order valence-corrected chi connectivity index (χ4v) is 2.26. The molecule has 1 heterocycles. The van der Waals surface area contributed by atoms with Crippen molar-refractivity contribution in [2.24, 2.45) is 0 Å². The number of carbonyl (C=O) groups excluding carboxylic acids is 1. The van der Waals surface area contributed by atoms with Crippen LogP contribution in [0.2, 0.25) is 0 Å². The van der Waals surface area contributed by atoms with E-state index in [4.69, 9.17) is 0 Å². The molecule has 4 heteroatoms. The van der Waals surface area contributed by atoms with Crippen LogP contribution in [-0.2, 0) is 4.79 Å². The molecule has 0 saturated carbocycles. The second-order valence-electron chi connectivity index (χ2n) is 3.57. The lowest BCUT2D eigenvalue weighted by molar-refractivity contribution is -0.132. The number of thioether (sulfide) groups is 1. The van der Waals surface area contributed by atoms with Gasteiger partial charge in [-0.15, -0.1) is 0 Å². The van der Waals surface area contributed by atoms with Gasteiger partial charge in [0.25, 0.3) is 0 Å². The topological polar surface area (TPSA) is 32.3 Å². The Bertz CT molecular complexity index is 181. The van der Waals surface area contributed by atoms with Crippen molar-refractivity contribution < 1.29 is 4.79 Å². The van der Waals surface area contributed by atoms with Gasteiger partial charge < -0.3 is 10.2 Å². The molecule has 1 N–H and O–H groups in total. The van der Waals surface area contributed by atoms with Crippen LogP contribution in [0, 0.1) is 0 Å². The van der Waals surface area contributed by atoms with E-state index in [2.05, 4.69) is 12.2 Å². The van der Waals surface area contributed by atoms with Crippen LogP contribution in [0.15, 0.2) is 0 Å². The molecule has 0 spiro atoms. The highest BCUT2D eigenvalue weighted by Gasteiger charge is 2.24. The zero-order valence-electron chi connectivity index (χ0n) is 9.08. The van der Waals surface area contributed by atoms with Gasteiger partial charge >= 0.3 is 0 Å². The van der Waals surface area contributed by atoms with Gasteiger partial charge in [-0.2, -0.15) is 11.8 Å². The van der Waals surface area contributed by atoms with E-state index in [-0.39, 0.29) is 0 Å². The SMILES string of the molecule is CCN(C(=O)CCSC)C1CCNC1. The Hall–Kier alpha value is -0.220. The molecule has 1 aliphatic rings. The summed E-state index contributed by atoms with van der Waals surface area (Å²) < 4.78 is 0. The molecule has 0 bridgehead atoms. The maximum absolute atomic E-state index is 11.8. The van der Waals surface area contributed by atoms with Crippen LogP contribution in [0.3, 0.4) is 0 Å². The van der Waals surface area contributed by atoms with Crippen molar-refractivity contribution in [1.29, 1.82) is 0 Å². The van der Waals surface area contributed by atoms with Gasteiger partial charge in [-0.1, -0.05) is 0 Å². The average Bonchev–Trinajstić information content (AvgIpc) is 2.69. The normalized spacial score (nSPS) is 21.1. The third-order valence-corrected chi connectivity index (χ3v) is 3.27. The van der Waals surface area contributed by atoms with Gasteiger partial charge in [0.2, 0.25) is 5.91 Å². The van der Waals surface area contributed by atoms with Crippen LogP contribution in [0.5, 0.6) is 0 Å². The van der Waals surface area contributed by atoms with Gasteiger partial charge in [0, 0.05) is 31.3 Å². The first-order chi connectivity index (χ1) is 6.79. The molecule has 14 heavy (non-hydrogen) atoms. The summed E-state index contributed by atoms with van der Waals surface area (Å²) in [6.07, 6.45) is 3.84. The van der Waals surface area contributed by atoms with Gasteiger partial charge in [-0.25, -0.2) is 0 Å². The Labute approximate surface area is 90.6 Å². The lowest BCUT2D eigenvalue weighted by Gasteiger charge is -2.27. The highest BCUT2D eigenvalue weighted by molar-refractivity contribution is 7.98. The summed E-state index contributed by atoms with van der Waals surface area (Å²) in [6.45, 7) is 4.94. The summed E-state index contributed by atoms with van der Waals surface area (Å²) in [5.41, 5.74) is 0. The number of nitrogens with one attached hydrogen (secondary N) is 1. The molecule has 1 saturated heterocycles. The molecule has 82 valence electrons. The second kappa shape index (κ2) is 6.30. The summed E-state index contributed by atoms with van der Waals surface area (Å²) >= 11 is 1.74. The van der Waals surface area contributed by atoms with Gasteiger partial charge in [0.05, 0.1) is 0 Å². The molecule has 0 radical (unpaired) electrons. The maximum atomic E-state index is 11.8. The standard InChI is InChI=1S/C10H20N2OS/c1-3-12(9-4-6-11-8-9)10(13)5-7-14-2/h9,11H,3-8H2,1-2H3. The van der Waals surface area contributed by atoms with Gasteiger partial charge in [0.15, 0.2) is 0 Å². The Balaban J connectivity index is 2.39. The van der Waals surface area contributed by atoms with E-state index in [1.807, 2.05) is 11.2 Å². The van der Waals surface area contributed by atoms with Crippen molar-refractivity contribution in [2.75, 3.05) is 31.6 Å². The summed E-state index contributed by atoms with van der Waals surface area (Å²) in [5, 5.41) is 3.30. The van der Waals surface area contributed by atoms with Crippen molar-refractivity contribution in [2.45, 2.75) is 25.8 Å². The molecule has 1 amide bonds. The monoisotopic (exact) mass is 216 g/mol. The van der Waals surface area contributed by atoms with E-state index in [0.717, 1.165) is 31.8 Å². The minimum absolute atomic E-state index is 0.315. The third kappa shape index (κ3) is 3.17. The van der Waals surface area contributed by atoms with Crippen molar-refractivity contribution in [3.05, 3.63) is 0 Å². The molecule has 0 aromatic heterocycles. The summed E-state index contributed by atoms with van der Waals surface area (Å²) in [7, 11) is 0. The molecule has 1 unspecified atom stereocenters. The van der Waals surface area contributed by atoms with Gasteiger partial charge in [-0.3, -0.25) is 4.79 Å². The van der Waals surface area contributed by atoms with Crippen molar-refractivity contribution >= 4 is 17.7 Å². The highest BCUT2D eigenvalue weighted by atomic mass is 32.2. The Morgan fingerprint density at radius 3 is 2.93 bits per heavy atom. The van der Waals surface area contributed by atoms with Crippen molar-refractivity contribution in [3.8, 4) is 0 Å². The van der Waals surface area contributed by atoms with Crippen molar-refractivity contribution in [1.82, 2.24) is 10.2 Å². The predicted octanol–water partition coefficient (Wildman–Crippen LogP) is 0.950. The molecule has 1 rings (SSSR count). The smallest absolute Gasteiger partial charge is 0.223 e. The Kier molecular flexibility index (Phi) is 5.33. The van der Waals surface area contributed by atoms with E-state index in [1.165, 1.54) is 0 Å². The molecule has 1 fully saturated rings. The van der Waals surface area contributed by atoms with Crippen LogP contribution >= 0.6 is 11.8 Å². The first-order valence-corrected chi connectivity index (χ1v) is 6.68. The fourth-order valence-electron chi connectivity index (χ4n) is 1.88. The Morgan fingerprint density at radius 1 is 1.64 bits per heavy atom. The summed E-state index contributed by atoms with van der Waals surface area (Å²) in [4.78, 5) is 13.8. The van der Waals surface area contributed by atoms with E-state index in [1.54, 1.807) is 11.8 Å². The third-order valence-electron chi connectivity index (χ3n) is 2.66. The lowest BCUT2D eigenvalue weighted by atomic mass is 10.2. The minimum atomic E-state index is 0.315. The molecular weight excluding hydrogens is 196 g/mol. The number of hydrogen-bond donors (Lipinski definition) is 1. The highest BCUT2D eigenvalue weighted by Crippen LogP contribution is 2.10. The number of likely N-dealkylation sites (N-methyl/N-ethyl adjacent to an activating group) is 1. The quantitative estimate of drug-likeness (QED) is 0.742. The molecular formula is C10H20N2OS. The second-order valence-corrected chi connectivity index (χ2v) is 4.55. The number of amides is 1. The van der Waals surface area contributed by atoms with Crippen LogP contribution < -0.4 is 5.32 Å². The first-order valence-electron chi connectivity index (χ1n) is 5.28. The van der Waals surface area contributed by atoms with E-state index >= 15 is 0 Å². The molecule has 0 aromatic carbocycles. The average molecular weight is 216 g/mol. The van der Waals surface area contributed by atoms with Gasteiger partial charge in [0.1, 0.15) is 0 Å².